The Morgan fingerprint density at radius 1 is 1.61 bits per heavy atom. The summed E-state index contributed by atoms with van der Waals surface area (Å²) in [6.07, 6.45) is 0. The molecule has 0 fully saturated rings. The predicted octanol–water partition coefficient (Wildman–Crippen LogP) is 2.24. The number of esters is 1. The van der Waals surface area contributed by atoms with Gasteiger partial charge in [-0.05, 0) is 32.0 Å². The van der Waals surface area contributed by atoms with Crippen molar-refractivity contribution in [3.05, 3.63) is 18.2 Å². The topological polar surface area (TPSA) is 77.2 Å². The summed E-state index contributed by atoms with van der Waals surface area (Å²) in [6, 6.07) is 5.12. The molecule has 1 aromatic carbocycles. The zero-order valence-electron chi connectivity index (χ0n) is 10.3. The lowest BCUT2D eigenvalue weighted by molar-refractivity contribution is -0.143. The molecule has 1 unspecified atom stereocenters. The highest BCUT2D eigenvalue weighted by molar-refractivity contribution is 7.22. The van der Waals surface area contributed by atoms with Crippen molar-refractivity contribution in [2.45, 2.75) is 19.9 Å². The second kappa shape index (κ2) is 5.22. The van der Waals surface area contributed by atoms with Crippen LogP contribution in [0.5, 0.6) is 0 Å². The summed E-state index contributed by atoms with van der Waals surface area (Å²) in [5.41, 5.74) is 7.28. The summed E-state index contributed by atoms with van der Waals surface area (Å²) in [4.78, 5) is 15.9. The molecule has 2 aromatic rings. The number of anilines is 2. The summed E-state index contributed by atoms with van der Waals surface area (Å²) in [5.74, 6) is -0.281. The number of nitrogen functional groups attached to an aromatic ring is 1. The summed E-state index contributed by atoms with van der Waals surface area (Å²) in [7, 11) is 0. The van der Waals surface area contributed by atoms with Gasteiger partial charge in [-0.1, -0.05) is 11.3 Å². The van der Waals surface area contributed by atoms with E-state index in [0.29, 0.717) is 17.4 Å². The molecule has 0 saturated heterocycles. The van der Waals surface area contributed by atoms with Crippen LogP contribution in [-0.2, 0) is 9.53 Å². The first-order valence-electron chi connectivity index (χ1n) is 5.69. The molecule has 3 N–H and O–H groups in total. The van der Waals surface area contributed by atoms with E-state index < -0.39 is 6.04 Å². The second-order valence-corrected chi connectivity index (χ2v) is 4.89. The molecular weight excluding hydrogens is 250 g/mol. The Morgan fingerprint density at radius 3 is 3.11 bits per heavy atom. The van der Waals surface area contributed by atoms with Gasteiger partial charge in [0.1, 0.15) is 6.04 Å². The van der Waals surface area contributed by atoms with Gasteiger partial charge in [0, 0.05) is 5.69 Å². The number of benzene rings is 1. The summed E-state index contributed by atoms with van der Waals surface area (Å²) in [6.45, 7) is 3.91. The molecule has 1 atom stereocenters. The first-order chi connectivity index (χ1) is 8.60. The van der Waals surface area contributed by atoms with E-state index in [2.05, 4.69) is 10.3 Å². The van der Waals surface area contributed by atoms with Gasteiger partial charge in [-0.25, -0.2) is 9.78 Å². The summed E-state index contributed by atoms with van der Waals surface area (Å²) >= 11 is 1.47. The Kier molecular flexibility index (Phi) is 3.66. The Hall–Kier alpha value is -1.82. The number of nitrogens with two attached hydrogens (primary N) is 1. The largest absolute Gasteiger partial charge is 0.464 e. The summed E-state index contributed by atoms with van der Waals surface area (Å²) < 4.78 is 5.92. The van der Waals surface area contributed by atoms with Gasteiger partial charge in [0.15, 0.2) is 5.13 Å². The van der Waals surface area contributed by atoms with Crippen molar-refractivity contribution in [3.63, 3.8) is 0 Å². The lowest BCUT2D eigenvalue weighted by atomic mass is 10.3. The van der Waals surface area contributed by atoms with E-state index in [1.165, 1.54) is 11.3 Å². The number of rotatable bonds is 4. The molecule has 96 valence electrons. The van der Waals surface area contributed by atoms with Crippen LogP contribution < -0.4 is 11.1 Å². The standard InChI is InChI=1S/C12H15N3O2S/c1-3-17-11(16)7(2)14-12-15-9-5-4-8(13)6-10(9)18-12/h4-7H,3,13H2,1-2H3,(H,14,15). The number of hydrogen-bond acceptors (Lipinski definition) is 6. The molecule has 6 heteroatoms. The maximum atomic E-state index is 11.5. The first kappa shape index (κ1) is 12.6. The molecule has 0 saturated carbocycles. The van der Waals surface area contributed by atoms with Crippen molar-refractivity contribution in [1.82, 2.24) is 4.98 Å². The minimum absolute atomic E-state index is 0.281. The fourth-order valence-electron chi connectivity index (χ4n) is 1.51. The molecule has 0 radical (unpaired) electrons. The number of nitrogens with zero attached hydrogens (tertiary/aromatic N) is 1. The number of carbonyl (C=O) groups is 1. The Labute approximate surface area is 109 Å². The Bertz CT molecular complexity index is 567. The molecule has 1 aromatic heterocycles. The monoisotopic (exact) mass is 265 g/mol. The minimum Gasteiger partial charge on any atom is -0.464 e. The van der Waals surface area contributed by atoms with Crippen LogP contribution >= 0.6 is 11.3 Å². The third-order valence-electron chi connectivity index (χ3n) is 2.39. The van der Waals surface area contributed by atoms with Crippen molar-refractivity contribution in [2.24, 2.45) is 0 Å². The summed E-state index contributed by atoms with van der Waals surface area (Å²) in [5, 5.41) is 3.72. The molecule has 2 rings (SSSR count). The molecular formula is C12H15N3O2S. The van der Waals surface area contributed by atoms with Crippen molar-refractivity contribution < 1.29 is 9.53 Å². The normalized spacial score (nSPS) is 12.3. The van der Waals surface area contributed by atoms with Crippen molar-refractivity contribution in [2.75, 3.05) is 17.7 Å². The van der Waals surface area contributed by atoms with Crippen LogP contribution in [0.25, 0.3) is 10.2 Å². The molecule has 0 aliphatic rings. The van der Waals surface area contributed by atoms with Gasteiger partial charge in [-0.2, -0.15) is 0 Å². The van der Waals surface area contributed by atoms with E-state index in [1.54, 1.807) is 19.9 Å². The average molecular weight is 265 g/mol. The van der Waals surface area contributed by atoms with Gasteiger partial charge in [0.25, 0.3) is 0 Å². The van der Waals surface area contributed by atoms with E-state index in [1.807, 2.05) is 12.1 Å². The number of fused-ring (bicyclic) bond motifs is 1. The molecule has 0 aliphatic heterocycles. The number of thiazole rings is 1. The van der Waals surface area contributed by atoms with Gasteiger partial charge in [-0.3, -0.25) is 0 Å². The highest BCUT2D eigenvalue weighted by atomic mass is 32.1. The number of nitrogens with one attached hydrogen (secondary N) is 1. The van der Waals surface area contributed by atoms with Gasteiger partial charge in [0.05, 0.1) is 16.8 Å². The zero-order valence-corrected chi connectivity index (χ0v) is 11.1. The fraction of sp³-hybridized carbons (Fsp3) is 0.333. The van der Waals surface area contributed by atoms with E-state index in [4.69, 9.17) is 10.5 Å². The van der Waals surface area contributed by atoms with Gasteiger partial charge < -0.3 is 15.8 Å². The quantitative estimate of drug-likeness (QED) is 0.655. The van der Waals surface area contributed by atoms with Gasteiger partial charge in [-0.15, -0.1) is 0 Å². The van der Waals surface area contributed by atoms with E-state index in [0.717, 1.165) is 10.2 Å². The molecule has 5 nitrogen and oxygen atoms in total. The lowest BCUT2D eigenvalue weighted by Gasteiger charge is -2.10. The van der Waals surface area contributed by atoms with Gasteiger partial charge >= 0.3 is 5.97 Å². The maximum absolute atomic E-state index is 11.5. The van der Waals surface area contributed by atoms with Crippen LogP contribution in [0, 0.1) is 0 Å². The van der Waals surface area contributed by atoms with Crippen LogP contribution in [0.15, 0.2) is 18.2 Å². The number of carbonyl (C=O) groups excluding carboxylic acids is 1. The highest BCUT2D eigenvalue weighted by Crippen LogP contribution is 2.27. The van der Waals surface area contributed by atoms with Crippen LogP contribution in [0.4, 0.5) is 10.8 Å². The minimum atomic E-state index is -0.414. The first-order valence-corrected chi connectivity index (χ1v) is 6.51. The average Bonchev–Trinajstić information content (AvgIpc) is 2.70. The Morgan fingerprint density at radius 2 is 2.39 bits per heavy atom. The SMILES string of the molecule is CCOC(=O)C(C)Nc1nc2ccc(N)cc2s1. The third kappa shape index (κ3) is 2.70. The molecule has 1 heterocycles. The van der Waals surface area contributed by atoms with Crippen molar-refractivity contribution >= 4 is 38.3 Å². The van der Waals surface area contributed by atoms with E-state index in [9.17, 15) is 4.79 Å². The molecule has 0 spiro atoms. The van der Waals surface area contributed by atoms with Crippen molar-refractivity contribution in [3.8, 4) is 0 Å². The van der Waals surface area contributed by atoms with Crippen LogP contribution in [0.3, 0.4) is 0 Å². The third-order valence-corrected chi connectivity index (χ3v) is 3.34. The maximum Gasteiger partial charge on any atom is 0.328 e. The van der Waals surface area contributed by atoms with Crippen LogP contribution in [0.1, 0.15) is 13.8 Å². The number of aromatic nitrogens is 1. The number of hydrogen-bond donors (Lipinski definition) is 2. The zero-order chi connectivity index (χ0) is 13.1. The van der Waals surface area contributed by atoms with E-state index >= 15 is 0 Å². The molecule has 0 aliphatic carbocycles. The van der Waals surface area contributed by atoms with Crippen LogP contribution in [-0.4, -0.2) is 23.6 Å². The second-order valence-electron chi connectivity index (χ2n) is 3.86. The lowest BCUT2D eigenvalue weighted by Crippen LogP contribution is -2.28. The highest BCUT2D eigenvalue weighted by Gasteiger charge is 2.15. The fourth-order valence-corrected chi connectivity index (χ4v) is 2.52. The van der Waals surface area contributed by atoms with Crippen LogP contribution in [0.2, 0.25) is 0 Å². The number of ether oxygens (including phenoxy) is 1. The molecule has 0 bridgehead atoms. The smallest absolute Gasteiger partial charge is 0.328 e. The van der Waals surface area contributed by atoms with E-state index in [-0.39, 0.29) is 5.97 Å². The Balaban J connectivity index is 2.14. The predicted molar refractivity (Wildman–Crippen MR) is 73.8 cm³/mol. The molecule has 0 amide bonds. The van der Waals surface area contributed by atoms with Crippen molar-refractivity contribution in [1.29, 1.82) is 0 Å². The van der Waals surface area contributed by atoms with Gasteiger partial charge in [0.2, 0.25) is 0 Å². The molecule has 18 heavy (non-hydrogen) atoms.